The maximum Gasteiger partial charge on any atom is 0.236 e. The van der Waals surface area contributed by atoms with Gasteiger partial charge in [-0.05, 0) is 26.8 Å². The van der Waals surface area contributed by atoms with Gasteiger partial charge >= 0.3 is 0 Å². The number of carbonyl (C=O) groups excluding carboxylic acids is 1. The van der Waals surface area contributed by atoms with Crippen molar-refractivity contribution in [3.63, 3.8) is 0 Å². The van der Waals surface area contributed by atoms with Crippen LogP contribution in [0.1, 0.15) is 39.0 Å². The summed E-state index contributed by atoms with van der Waals surface area (Å²) in [6.45, 7) is 7.07. The van der Waals surface area contributed by atoms with E-state index in [1.807, 2.05) is 0 Å². The summed E-state index contributed by atoms with van der Waals surface area (Å²) in [7, 11) is 2.13. The van der Waals surface area contributed by atoms with E-state index in [0.717, 1.165) is 26.2 Å². The summed E-state index contributed by atoms with van der Waals surface area (Å²) in [5.41, 5.74) is 5.89. The molecule has 1 aliphatic heterocycles. The largest absolute Gasteiger partial charge is 0.339 e. The number of hydrogen-bond donors (Lipinski definition) is 1. The molecule has 1 unspecified atom stereocenters. The van der Waals surface area contributed by atoms with Crippen molar-refractivity contribution >= 4 is 5.91 Å². The van der Waals surface area contributed by atoms with Crippen LogP contribution in [0.2, 0.25) is 0 Å². The highest BCUT2D eigenvalue weighted by atomic mass is 16.2. The van der Waals surface area contributed by atoms with Gasteiger partial charge in [0.2, 0.25) is 5.91 Å². The zero-order chi connectivity index (χ0) is 15.2. The minimum atomic E-state index is 0.299. The standard InChI is InChI=1S/C16H32N4O/c1-3-20(14-7-5-4-6-8-14)16(21)13-19-10-9-18(2)12-15(19)11-17/h14-15H,3-13,17H2,1-2H3. The Labute approximate surface area is 129 Å². The van der Waals surface area contributed by atoms with Gasteiger partial charge < -0.3 is 15.5 Å². The van der Waals surface area contributed by atoms with Crippen molar-refractivity contribution in [2.75, 3.05) is 46.3 Å². The van der Waals surface area contributed by atoms with Crippen LogP contribution in [0.5, 0.6) is 0 Å². The smallest absolute Gasteiger partial charge is 0.236 e. The van der Waals surface area contributed by atoms with Crippen LogP contribution < -0.4 is 5.73 Å². The first-order chi connectivity index (χ1) is 10.2. The average Bonchev–Trinajstić information content (AvgIpc) is 2.51. The molecule has 1 aliphatic carbocycles. The van der Waals surface area contributed by atoms with E-state index >= 15 is 0 Å². The van der Waals surface area contributed by atoms with Gasteiger partial charge in [0.05, 0.1) is 6.54 Å². The van der Waals surface area contributed by atoms with Crippen molar-refractivity contribution in [1.29, 1.82) is 0 Å². The van der Waals surface area contributed by atoms with E-state index in [1.54, 1.807) is 0 Å². The molecular formula is C16H32N4O. The summed E-state index contributed by atoms with van der Waals surface area (Å²) in [5.74, 6) is 0.299. The Morgan fingerprint density at radius 1 is 1.24 bits per heavy atom. The minimum Gasteiger partial charge on any atom is -0.339 e. The Bertz CT molecular complexity index is 330. The van der Waals surface area contributed by atoms with Crippen molar-refractivity contribution in [3.05, 3.63) is 0 Å². The van der Waals surface area contributed by atoms with E-state index in [0.29, 0.717) is 31.1 Å². The zero-order valence-electron chi connectivity index (χ0n) is 13.8. The van der Waals surface area contributed by atoms with E-state index < -0.39 is 0 Å². The lowest BCUT2D eigenvalue weighted by atomic mass is 9.94. The van der Waals surface area contributed by atoms with Crippen molar-refractivity contribution in [3.8, 4) is 0 Å². The fourth-order valence-electron chi connectivity index (χ4n) is 3.78. The molecule has 1 saturated carbocycles. The Kier molecular flexibility index (Phi) is 6.45. The number of rotatable bonds is 5. The predicted octanol–water partition coefficient (Wildman–Crippen LogP) is 0.742. The highest BCUT2D eigenvalue weighted by Gasteiger charge is 2.29. The van der Waals surface area contributed by atoms with Crippen molar-refractivity contribution < 1.29 is 4.79 Å². The lowest BCUT2D eigenvalue weighted by Gasteiger charge is -2.41. The molecular weight excluding hydrogens is 264 g/mol. The van der Waals surface area contributed by atoms with Crippen LogP contribution in [0.4, 0.5) is 0 Å². The molecule has 1 saturated heterocycles. The number of likely N-dealkylation sites (N-methyl/N-ethyl adjacent to an activating group) is 2. The fraction of sp³-hybridized carbons (Fsp3) is 0.938. The quantitative estimate of drug-likeness (QED) is 0.813. The second-order valence-electron chi connectivity index (χ2n) is 6.59. The molecule has 5 nitrogen and oxygen atoms in total. The molecule has 5 heteroatoms. The number of hydrogen-bond acceptors (Lipinski definition) is 4. The van der Waals surface area contributed by atoms with Gasteiger partial charge in [-0.1, -0.05) is 19.3 Å². The predicted molar refractivity (Wildman–Crippen MR) is 86.2 cm³/mol. The maximum absolute atomic E-state index is 12.7. The van der Waals surface area contributed by atoms with Crippen molar-refractivity contribution in [2.45, 2.75) is 51.1 Å². The van der Waals surface area contributed by atoms with Crippen LogP contribution in [0.25, 0.3) is 0 Å². The summed E-state index contributed by atoms with van der Waals surface area (Å²) >= 11 is 0. The molecule has 2 fully saturated rings. The number of carbonyl (C=O) groups is 1. The van der Waals surface area contributed by atoms with E-state index in [-0.39, 0.29) is 0 Å². The van der Waals surface area contributed by atoms with Crippen molar-refractivity contribution in [2.24, 2.45) is 5.73 Å². The molecule has 0 aromatic heterocycles. The summed E-state index contributed by atoms with van der Waals surface area (Å²) in [4.78, 5) is 19.4. The number of piperazine rings is 1. The highest BCUT2D eigenvalue weighted by Crippen LogP contribution is 2.23. The lowest BCUT2D eigenvalue weighted by Crippen LogP contribution is -2.57. The Balaban J connectivity index is 1.91. The molecule has 1 amide bonds. The average molecular weight is 296 g/mol. The molecule has 2 N–H and O–H groups in total. The molecule has 1 heterocycles. The van der Waals surface area contributed by atoms with Gasteiger partial charge in [0.25, 0.3) is 0 Å². The van der Waals surface area contributed by atoms with Gasteiger partial charge in [-0.2, -0.15) is 0 Å². The van der Waals surface area contributed by atoms with Gasteiger partial charge in [-0.15, -0.1) is 0 Å². The van der Waals surface area contributed by atoms with Gasteiger partial charge in [-0.25, -0.2) is 0 Å². The second kappa shape index (κ2) is 8.11. The molecule has 122 valence electrons. The monoisotopic (exact) mass is 296 g/mol. The van der Waals surface area contributed by atoms with Gasteiger partial charge in [-0.3, -0.25) is 9.69 Å². The van der Waals surface area contributed by atoms with Gasteiger partial charge in [0.1, 0.15) is 0 Å². The van der Waals surface area contributed by atoms with E-state index in [4.69, 9.17) is 5.73 Å². The molecule has 0 spiro atoms. The van der Waals surface area contributed by atoms with E-state index in [2.05, 4.69) is 28.7 Å². The van der Waals surface area contributed by atoms with Crippen LogP contribution >= 0.6 is 0 Å². The third-order valence-electron chi connectivity index (χ3n) is 5.09. The summed E-state index contributed by atoms with van der Waals surface area (Å²) < 4.78 is 0. The number of nitrogens with zero attached hydrogens (tertiary/aromatic N) is 3. The van der Waals surface area contributed by atoms with Gasteiger partial charge in [0, 0.05) is 44.8 Å². The van der Waals surface area contributed by atoms with Crippen LogP contribution in [-0.4, -0.2) is 79.0 Å². The van der Waals surface area contributed by atoms with Crippen LogP contribution in [0.3, 0.4) is 0 Å². The SMILES string of the molecule is CCN(C(=O)CN1CCN(C)CC1CN)C1CCCCC1. The summed E-state index contributed by atoms with van der Waals surface area (Å²) in [6.07, 6.45) is 6.24. The Morgan fingerprint density at radius 2 is 1.95 bits per heavy atom. The highest BCUT2D eigenvalue weighted by molar-refractivity contribution is 5.78. The van der Waals surface area contributed by atoms with E-state index in [9.17, 15) is 4.79 Å². The number of nitrogens with two attached hydrogens (primary N) is 1. The first kappa shape index (κ1) is 16.7. The lowest BCUT2D eigenvalue weighted by molar-refractivity contribution is -0.136. The Morgan fingerprint density at radius 3 is 2.57 bits per heavy atom. The Hall–Kier alpha value is -0.650. The minimum absolute atomic E-state index is 0.299. The summed E-state index contributed by atoms with van der Waals surface area (Å²) in [5, 5.41) is 0. The van der Waals surface area contributed by atoms with Crippen molar-refractivity contribution in [1.82, 2.24) is 14.7 Å². The van der Waals surface area contributed by atoms with E-state index in [1.165, 1.54) is 32.1 Å². The summed E-state index contributed by atoms with van der Waals surface area (Å²) in [6, 6.07) is 0.790. The molecule has 0 bridgehead atoms. The molecule has 0 aromatic rings. The molecule has 0 radical (unpaired) electrons. The topological polar surface area (TPSA) is 52.8 Å². The van der Waals surface area contributed by atoms with Gasteiger partial charge in [0.15, 0.2) is 0 Å². The molecule has 0 aromatic carbocycles. The molecule has 2 rings (SSSR count). The molecule has 2 aliphatic rings. The van der Waals surface area contributed by atoms with Crippen LogP contribution in [0, 0.1) is 0 Å². The molecule has 21 heavy (non-hydrogen) atoms. The molecule has 1 atom stereocenters. The fourth-order valence-corrected chi connectivity index (χ4v) is 3.78. The first-order valence-electron chi connectivity index (χ1n) is 8.57. The zero-order valence-corrected chi connectivity index (χ0v) is 13.8. The third-order valence-corrected chi connectivity index (χ3v) is 5.09. The van der Waals surface area contributed by atoms with Crippen LogP contribution in [-0.2, 0) is 4.79 Å². The maximum atomic E-state index is 12.7. The number of amides is 1. The van der Waals surface area contributed by atoms with Crippen LogP contribution in [0.15, 0.2) is 0 Å². The normalized spacial score (nSPS) is 26.0. The first-order valence-corrected chi connectivity index (χ1v) is 8.57. The second-order valence-corrected chi connectivity index (χ2v) is 6.59. The third kappa shape index (κ3) is 4.41.